The second kappa shape index (κ2) is 4.91. The van der Waals surface area contributed by atoms with Crippen LogP contribution in [0.25, 0.3) is 0 Å². The zero-order valence-corrected chi connectivity index (χ0v) is 9.10. The predicted octanol–water partition coefficient (Wildman–Crippen LogP) is -0.488. The molecule has 84 valence electrons. The van der Waals surface area contributed by atoms with Crippen molar-refractivity contribution in [1.29, 1.82) is 0 Å². The van der Waals surface area contributed by atoms with Gasteiger partial charge >= 0.3 is 0 Å². The molecule has 1 aliphatic rings. The zero-order chi connectivity index (χ0) is 11.4. The van der Waals surface area contributed by atoms with Gasteiger partial charge in [0, 0.05) is 19.0 Å². The van der Waals surface area contributed by atoms with Gasteiger partial charge in [-0.15, -0.1) is 0 Å². The van der Waals surface area contributed by atoms with Gasteiger partial charge in [0.1, 0.15) is 6.29 Å². The van der Waals surface area contributed by atoms with Gasteiger partial charge in [0.2, 0.25) is 11.8 Å². The second-order valence-electron chi connectivity index (χ2n) is 3.80. The molecule has 15 heavy (non-hydrogen) atoms. The number of amides is 2. The van der Waals surface area contributed by atoms with E-state index in [1.54, 1.807) is 6.92 Å². The molecule has 0 radical (unpaired) electrons. The Labute approximate surface area is 89.0 Å². The van der Waals surface area contributed by atoms with Crippen LogP contribution >= 0.6 is 0 Å². The molecule has 1 rings (SSSR count). The van der Waals surface area contributed by atoms with Crippen molar-refractivity contribution in [2.45, 2.75) is 13.8 Å². The molecule has 1 atom stereocenters. The molecular formula is C10H16N2O3. The van der Waals surface area contributed by atoms with Crippen LogP contribution in [-0.2, 0) is 14.4 Å². The van der Waals surface area contributed by atoms with Gasteiger partial charge in [0.15, 0.2) is 0 Å². The highest BCUT2D eigenvalue weighted by Gasteiger charge is 2.29. The number of aldehydes is 1. The molecule has 5 heteroatoms. The summed E-state index contributed by atoms with van der Waals surface area (Å²) in [5, 5.41) is 0. The average Bonchev–Trinajstić information content (AvgIpc) is 2.22. The van der Waals surface area contributed by atoms with Crippen LogP contribution in [0.5, 0.6) is 0 Å². The van der Waals surface area contributed by atoms with Crippen molar-refractivity contribution in [3.63, 3.8) is 0 Å². The Morgan fingerprint density at radius 1 is 1.27 bits per heavy atom. The van der Waals surface area contributed by atoms with Crippen molar-refractivity contribution in [2.24, 2.45) is 5.92 Å². The highest BCUT2D eigenvalue weighted by molar-refractivity contribution is 5.92. The maximum absolute atomic E-state index is 11.6. The Bertz CT molecular complexity index is 278. The Hall–Kier alpha value is -1.39. The van der Waals surface area contributed by atoms with Gasteiger partial charge in [-0.2, -0.15) is 0 Å². The van der Waals surface area contributed by atoms with Crippen LogP contribution in [-0.4, -0.2) is 54.1 Å². The maximum Gasteiger partial charge on any atom is 0.242 e. The van der Waals surface area contributed by atoms with E-state index in [0.29, 0.717) is 13.1 Å². The first kappa shape index (κ1) is 11.7. The third-order valence-corrected chi connectivity index (χ3v) is 2.48. The third kappa shape index (κ3) is 2.78. The summed E-state index contributed by atoms with van der Waals surface area (Å²) in [6.45, 7) is 4.71. The number of likely N-dealkylation sites (N-methyl/N-ethyl adjacent to an activating group) is 1. The summed E-state index contributed by atoms with van der Waals surface area (Å²) < 4.78 is 0. The lowest BCUT2D eigenvalue weighted by Gasteiger charge is -2.33. The molecule has 1 fully saturated rings. The molecule has 0 N–H and O–H groups in total. The van der Waals surface area contributed by atoms with Gasteiger partial charge in [-0.05, 0) is 6.92 Å². The number of carbonyl (C=O) groups excluding carboxylic acids is 3. The number of hydrogen-bond acceptors (Lipinski definition) is 3. The normalized spacial score (nSPS) is 19.3. The van der Waals surface area contributed by atoms with Crippen LogP contribution in [0.3, 0.4) is 0 Å². The number of nitrogens with zero attached hydrogens (tertiary/aromatic N) is 2. The Kier molecular flexibility index (Phi) is 3.82. The number of piperazine rings is 1. The maximum atomic E-state index is 11.6. The van der Waals surface area contributed by atoms with E-state index in [9.17, 15) is 14.4 Å². The Morgan fingerprint density at radius 2 is 1.80 bits per heavy atom. The molecule has 5 nitrogen and oxygen atoms in total. The lowest BCUT2D eigenvalue weighted by molar-refractivity contribution is -0.150. The number of carbonyl (C=O) groups is 3. The zero-order valence-electron chi connectivity index (χ0n) is 9.10. The SMILES string of the molecule is CCN1CC(=O)N(CC(C)C=O)CC1=O. The summed E-state index contributed by atoms with van der Waals surface area (Å²) >= 11 is 0. The minimum Gasteiger partial charge on any atom is -0.332 e. The van der Waals surface area contributed by atoms with E-state index in [2.05, 4.69) is 0 Å². The van der Waals surface area contributed by atoms with Gasteiger partial charge in [-0.3, -0.25) is 9.59 Å². The van der Waals surface area contributed by atoms with E-state index in [0.717, 1.165) is 6.29 Å². The summed E-state index contributed by atoms with van der Waals surface area (Å²) in [5.41, 5.74) is 0. The fourth-order valence-corrected chi connectivity index (χ4v) is 1.55. The number of rotatable bonds is 4. The first-order chi connectivity index (χ1) is 7.08. The van der Waals surface area contributed by atoms with E-state index in [1.165, 1.54) is 9.80 Å². The van der Waals surface area contributed by atoms with Crippen LogP contribution in [0.15, 0.2) is 0 Å². The minimum atomic E-state index is -0.213. The van der Waals surface area contributed by atoms with Gasteiger partial charge in [-0.1, -0.05) is 6.92 Å². The molecule has 0 bridgehead atoms. The molecule has 1 unspecified atom stereocenters. The highest BCUT2D eigenvalue weighted by Crippen LogP contribution is 2.06. The highest BCUT2D eigenvalue weighted by atomic mass is 16.2. The predicted molar refractivity (Wildman–Crippen MR) is 54.1 cm³/mol. The molecule has 0 saturated carbocycles. The van der Waals surface area contributed by atoms with E-state index >= 15 is 0 Å². The molecule has 0 aromatic rings. The van der Waals surface area contributed by atoms with Crippen molar-refractivity contribution < 1.29 is 14.4 Å². The van der Waals surface area contributed by atoms with E-state index in [4.69, 9.17) is 0 Å². The van der Waals surface area contributed by atoms with Gasteiger partial charge in [0.25, 0.3) is 0 Å². The van der Waals surface area contributed by atoms with Crippen molar-refractivity contribution in [1.82, 2.24) is 9.80 Å². The Balaban J connectivity index is 2.58. The third-order valence-electron chi connectivity index (χ3n) is 2.48. The van der Waals surface area contributed by atoms with Gasteiger partial charge < -0.3 is 14.6 Å². The van der Waals surface area contributed by atoms with Crippen LogP contribution < -0.4 is 0 Å². The van der Waals surface area contributed by atoms with Crippen molar-refractivity contribution in [3.8, 4) is 0 Å². The molecule has 0 aromatic heterocycles. The van der Waals surface area contributed by atoms with E-state index < -0.39 is 0 Å². The standard InChI is InChI=1S/C10H16N2O3/c1-3-11-5-10(15)12(6-9(11)14)4-8(2)7-13/h7-8H,3-6H2,1-2H3. The van der Waals surface area contributed by atoms with Crippen LogP contribution in [0.1, 0.15) is 13.8 Å². The summed E-state index contributed by atoms with van der Waals surface area (Å²) in [6, 6.07) is 0. The lowest BCUT2D eigenvalue weighted by atomic mass is 10.1. The van der Waals surface area contributed by atoms with Crippen molar-refractivity contribution in [3.05, 3.63) is 0 Å². The smallest absolute Gasteiger partial charge is 0.242 e. The van der Waals surface area contributed by atoms with E-state index in [1.807, 2.05) is 6.92 Å². The van der Waals surface area contributed by atoms with E-state index in [-0.39, 0.29) is 30.8 Å². The summed E-state index contributed by atoms with van der Waals surface area (Å²) in [4.78, 5) is 36.5. The second-order valence-corrected chi connectivity index (χ2v) is 3.80. The van der Waals surface area contributed by atoms with Crippen LogP contribution in [0.4, 0.5) is 0 Å². The molecular weight excluding hydrogens is 196 g/mol. The first-order valence-corrected chi connectivity index (χ1v) is 5.09. The fraction of sp³-hybridized carbons (Fsp3) is 0.700. The summed E-state index contributed by atoms with van der Waals surface area (Å²) in [7, 11) is 0. The molecule has 0 spiro atoms. The molecule has 1 saturated heterocycles. The summed E-state index contributed by atoms with van der Waals surface area (Å²) in [5.74, 6) is -0.338. The molecule has 1 heterocycles. The summed E-state index contributed by atoms with van der Waals surface area (Å²) in [6.07, 6.45) is 0.796. The topological polar surface area (TPSA) is 57.7 Å². The van der Waals surface area contributed by atoms with Crippen molar-refractivity contribution in [2.75, 3.05) is 26.2 Å². The Morgan fingerprint density at radius 3 is 2.33 bits per heavy atom. The van der Waals surface area contributed by atoms with Crippen molar-refractivity contribution >= 4 is 18.1 Å². The van der Waals surface area contributed by atoms with Crippen LogP contribution in [0, 0.1) is 5.92 Å². The monoisotopic (exact) mass is 212 g/mol. The molecule has 0 aliphatic carbocycles. The molecule has 0 aromatic carbocycles. The lowest BCUT2D eigenvalue weighted by Crippen LogP contribution is -2.54. The minimum absolute atomic E-state index is 0.0461. The molecule has 1 aliphatic heterocycles. The van der Waals surface area contributed by atoms with Gasteiger partial charge in [-0.25, -0.2) is 0 Å². The average molecular weight is 212 g/mol. The number of hydrogen-bond donors (Lipinski definition) is 0. The molecule has 2 amide bonds. The quantitative estimate of drug-likeness (QED) is 0.591. The van der Waals surface area contributed by atoms with Crippen LogP contribution in [0.2, 0.25) is 0 Å². The largest absolute Gasteiger partial charge is 0.332 e. The fourth-order valence-electron chi connectivity index (χ4n) is 1.55. The first-order valence-electron chi connectivity index (χ1n) is 5.09. The van der Waals surface area contributed by atoms with Gasteiger partial charge in [0.05, 0.1) is 13.1 Å².